The van der Waals surface area contributed by atoms with Gasteiger partial charge in [0.05, 0.1) is 0 Å². The van der Waals surface area contributed by atoms with Crippen LogP contribution in [0.2, 0.25) is 0 Å². The van der Waals surface area contributed by atoms with Crippen molar-refractivity contribution in [1.29, 1.82) is 0 Å². The van der Waals surface area contributed by atoms with Gasteiger partial charge in [-0.25, -0.2) is 4.98 Å². The van der Waals surface area contributed by atoms with Crippen molar-refractivity contribution in [3.8, 4) is 11.4 Å². The van der Waals surface area contributed by atoms with Crippen molar-refractivity contribution in [2.24, 2.45) is 0 Å². The Balaban J connectivity index is 2.64. The lowest BCUT2D eigenvalue weighted by molar-refractivity contribution is -0.137. The van der Waals surface area contributed by atoms with Crippen molar-refractivity contribution in [3.63, 3.8) is 0 Å². The number of carboxylic acid groups (broad SMARTS) is 1. The summed E-state index contributed by atoms with van der Waals surface area (Å²) in [5.74, 6) is -0.699. The maximum Gasteiger partial charge on any atom is 0.323 e. The first-order valence-electron chi connectivity index (χ1n) is 5.43. The Bertz CT molecular complexity index is 632. The number of benzene rings is 1. The van der Waals surface area contributed by atoms with Gasteiger partial charge in [0.15, 0.2) is 0 Å². The summed E-state index contributed by atoms with van der Waals surface area (Å²) in [4.78, 5) is 26.9. The minimum absolute atomic E-state index is 0.328. The monoisotopic (exact) mass is 244 g/mol. The molecule has 2 rings (SSSR count). The summed E-state index contributed by atoms with van der Waals surface area (Å²) in [6.45, 7) is 1.22. The topological polar surface area (TPSA) is 72.2 Å². The molecular formula is C13H12N2O3. The Labute approximate surface area is 103 Å². The molecule has 1 aromatic carbocycles. The first kappa shape index (κ1) is 12.0. The van der Waals surface area contributed by atoms with E-state index in [9.17, 15) is 9.59 Å². The van der Waals surface area contributed by atoms with Crippen LogP contribution in [0, 0.1) is 6.92 Å². The third-order valence-electron chi connectivity index (χ3n) is 2.54. The predicted molar refractivity (Wildman–Crippen MR) is 66.3 cm³/mol. The molecule has 0 bridgehead atoms. The maximum atomic E-state index is 12.0. The number of rotatable bonds is 3. The fourth-order valence-corrected chi connectivity index (χ4v) is 1.69. The molecule has 1 aromatic heterocycles. The largest absolute Gasteiger partial charge is 0.480 e. The minimum atomic E-state index is -1.07. The van der Waals surface area contributed by atoms with Crippen molar-refractivity contribution in [1.82, 2.24) is 9.55 Å². The first-order valence-corrected chi connectivity index (χ1v) is 5.43. The van der Waals surface area contributed by atoms with Gasteiger partial charge in [-0.05, 0) is 6.92 Å². The molecule has 18 heavy (non-hydrogen) atoms. The third kappa shape index (κ3) is 2.29. The van der Waals surface area contributed by atoms with Gasteiger partial charge in [-0.2, -0.15) is 0 Å². The second kappa shape index (κ2) is 4.83. The van der Waals surface area contributed by atoms with Gasteiger partial charge in [0, 0.05) is 17.3 Å². The van der Waals surface area contributed by atoms with E-state index in [0.29, 0.717) is 11.4 Å². The van der Waals surface area contributed by atoms with Gasteiger partial charge in [0.1, 0.15) is 12.4 Å². The molecule has 0 aliphatic heterocycles. The van der Waals surface area contributed by atoms with E-state index in [2.05, 4.69) is 4.98 Å². The zero-order valence-electron chi connectivity index (χ0n) is 9.83. The molecule has 0 saturated carbocycles. The maximum absolute atomic E-state index is 12.0. The van der Waals surface area contributed by atoms with Gasteiger partial charge in [-0.3, -0.25) is 14.2 Å². The fraction of sp³-hybridized carbons (Fsp3) is 0.154. The molecule has 2 aromatic rings. The Hall–Kier alpha value is -2.43. The van der Waals surface area contributed by atoms with Crippen LogP contribution in [0.25, 0.3) is 11.4 Å². The van der Waals surface area contributed by atoms with E-state index in [0.717, 1.165) is 5.56 Å². The molecule has 0 aliphatic carbocycles. The predicted octanol–water partition coefficient (Wildman–Crippen LogP) is 1.30. The van der Waals surface area contributed by atoms with Crippen molar-refractivity contribution in [2.75, 3.05) is 0 Å². The molecule has 1 heterocycles. The summed E-state index contributed by atoms with van der Waals surface area (Å²) in [5.41, 5.74) is 0.818. The molecule has 1 N–H and O–H groups in total. The number of hydrogen-bond acceptors (Lipinski definition) is 3. The van der Waals surface area contributed by atoms with Gasteiger partial charge >= 0.3 is 5.97 Å². The summed E-state index contributed by atoms with van der Waals surface area (Å²) in [5, 5.41) is 8.87. The quantitative estimate of drug-likeness (QED) is 0.883. The molecule has 0 radical (unpaired) electrons. The highest BCUT2D eigenvalue weighted by atomic mass is 16.4. The van der Waals surface area contributed by atoms with Crippen molar-refractivity contribution in [3.05, 3.63) is 52.4 Å². The molecule has 0 atom stereocenters. The van der Waals surface area contributed by atoms with Crippen LogP contribution in [-0.4, -0.2) is 20.6 Å². The molecular weight excluding hydrogens is 232 g/mol. The van der Waals surface area contributed by atoms with Crippen molar-refractivity contribution < 1.29 is 9.90 Å². The SMILES string of the molecule is Cc1cnc(-c2ccccc2)n(CC(=O)O)c1=O. The Morgan fingerprint density at radius 2 is 2.00 bits per heavy atom. The Kier molecular flexibility index (Phi) is 3.23. The van der Waals surface area contributed by atoms with E-state index in [-0.39, 0.29) is 5.56 Å². The lowest BCUT2D eigenvalue weighted by Crippen LogP contribution is -2.28. The van der Waals surface area contributed by atoms with E-state index < -0.39 is 12.5 Å². The van der Waals surface area contributed by atoms with E-state index in [4.69, 9.17) is 5.11 Å². The third-order valence-corrected chi connectivity index (χ3v) is 2.54. The van der Waals surface area contributed by atoms with Crippen LogP contribution in [0.4, 0.5) is 0 Å². The fourth-order valence-electron chi connectivity index (χ4n) is 1.69. The summed E-state index contributed by atoms with van der Waals surface area (Å²) in [6.07, 6.45) is 1.46. The standard InChI is InChI=1S/C13H12N2O3/c1-9-7-14-12(10-5-3-2-4-6-10)15(13(9)18)8-11(16)17/h2-7H,8H2,1H3,(H,16,17). The Morgan fingerprint density at radius 1 is 1.33 bits per heavy atom. The highest BCUT2D eigenvalue weighted by Gasteiger charge is 2.12. The van der Waals surface area contributed by atoms with Crippen LogP contribution in [0.1, 0.15) is 5.56 Å². The molecule has 0 amide bonds. The lowest BCUT2D eigenvalue weighted by Gasteiger charge is -2.10. The van der Waals surface area contributed by atoms with E-state index in [1.807, 2.05) is 18.2 Å². The van der Waals surface area contributed by atoms with Crippen molar-refractivity contribution in [2.45, 2.75) is 13.5 Å². The number of nitrogens with zero attached hydrogens (tertiary/aromatic N) is 2. The zero-order valence-corrected chi connectivity index (χ0v) is 9.83. The van der Waals surface area contributed by atoms with Crippen LogP contribution in [0.15, 0.2) is 41.3 Å². The smallest absolute Gasteiger partial charge is 0.323 e. The first-order chi connectivity index (χ1) is 8.59. The second-order valence-electron chi connectivity index (χ2n) is 3.92. The average molecular weight is 244 g/mol. The van der Waals surface area contributed by atoms with E-state index in [1.165, 1.54) is 10.8 Å². The number of carbonyl (C=O) groups is 1. The highest BCUT2D eigenvalue weighted by molar-refractivity contribution is 5.68. The second-order valence-corrected chi connectivity index (χ2v) is 3.92. The molecule has 92 valence electrons. The number of aromatic nitrogens is 2. The molecule has 5 nitrogen and oxygen atoms in total. The summed E-state index contributed by atoms with van der Waals surface area (Å²) in [6, 6.07) is 9.04. The average Bonchev–Trinajstić information content (AvgIpc) is 2.36. The molecule has 0 saturated heterocycles. The zero-order chi connectivity index (χ0) is 13.1. The van der Waals surface area contributed by atoms with Gasteiger partial charge in [0.2, 0.25) is 0 Å². The molecule has 0 fully saturated rings. The van der Waals surface area contributed by atoms with Crippen LogP contribution in [0.3, 0.4) is 0 Å². The van der Waals surface area contributed by atoms with Crippen LogP contribution >= 0.6 is 0 Å². The highest BCUT2D eigenvalue weighted by Crippen LogP contribution is 2.14. The van der Waals surface area contributed by atoms with E-state index >= 15 is 0 Å². The van der Waals surface area contributed by atoms with Gasteiger partial charge in [0.25, 0.3) is 5.56 Å². The van der Waals surface area contributed by atoms with Gasteiger partial charge in [-0.1, -0.05) is 30.3 Å². The normalized spacial score (nSPS) is 10.3. The van der Waals surface area contributed by atoms with Gasteiger partial charge < -0.3 is 5.11 Å². The molecule has 0 aliphatic rings. The number of hydrogen-bond donors (Lipinski definition) is 1. The van der Waals surface area contributed by atoms with Crippen LogP contribution in [0.5, 0.6) is 0 Å². The number of aryl methyl sites for hydroxylation is 1. The number of aliphatic carboxylic acids is 1. The summed E-state index contributed by atoms with van der Waals surface area (Å²) >= 11 is 0. The lowest BCUT2D eigenvalue weighted by atomic mass is 10.2. The summed E-state index contributed by atoms with van der Waals surface area (Å²) < 4.78 is 1.17. The molecule has 5 heteroatoms. The van der Waals surface area contributed by atoms with Crippen molar-refractivity contribution >= 4 is 5.97 Å². The number of carboxylic acids is 1. The summed E-state index contributed by atoms with van der Waals surface area (Å²) in [7, 11) is 0. The van der Waals surface area contributed by atoms with Crippen LogP contribution < -0.4 is 5.56 Å². The van der Waals surface area contributed by atoms with Gasteiger partial charge in [-0.15, -0.1) is 0 Å². The molecule has 0 unspecified atom stereocenters. The van der Waals surface area contributed by atoms with E-state index in [1.54, 1.807) is 19.1 Å². The Morgan fingerprint density at radius 3 is 2.61 bits per heavy atom. The van der Waals surface area contributed by atoms with Crippen LogP contribution in [-0.2, 0) is 11.3 Å². The molecule has 0 spiro atoms. The minimum Gasteiger partial charge on any atom is -0.480 e.